The molecule has 8 heteroatoms. The molecular weight excluding hydrogens is 520 g/mol. The molecule has 2 amide bonds. The maximum Gasteiger partial charge on any atom is 0.305 e. The molecule has 222 valence electrons. The van der Waals surface area contributed by atoms with Crippen LogP contribution in [-0.4, -0.2) is 47.7 Å². The van der Waals surface area contributed by atoms with E-state index in [1.165, 1.54) is 0 Å². The summed E-state index contributed by atoms with van der Waals surface area (Å²) in [6.45, 7) is 11.1. The van der Waals surface area contributed by atoms with Gasteiger partial charge in [0.1, 0.15) is 19.0 Å². The first-order valence-corrected chi connectivity index (χ1v) is 14.0. The van der Waals surface area contributed by atoms with Crippen molar-refractivity contribution < 1.29 is 29.0 Å². The van der Waals surface area contributed by atoms with E-state index in [0.717, 1.165) is 23.3 Å². The van der Waals surface area contributed by atoms with E-state index in [-0.39, 0.29) is 43.8 Å². The van der Waals surface area contributed by atoms with E-state index < -0.39 is 17.5 Å². The van der Waals surface area contributed by atoms with Gasteiger partial charge in [-0.1, -0.05) is 54.6 Å². The van der Waals surface area contributed by atoms with E-state index in [0.29, 0.717) is 25.9 Å². The summed E-state index contributed by atoms with van der Waals surface area (Å²) >= 11 is 0. The number of carbonyl (C=O) groups excluding carboxylic acids is 3. The first kappa shape index (κ1) is 33.3. The van der Waals surface area contributed by atoms with Gasteiger partial charge in [-0.05, 0) is 62.8 Å². The van der Waals surface area contributed by atoms with Gasteiger partial charge in [0.15, 0.2) is 0 Å². The lowest BCUT2D eigenvalue weighted by molar-refractivity contribution is -0.146. The van der Waals surface area contributed by atoms with Crippen LogP contribution in [0.25, 0.3) is 0 Å². The molecule has 0 aliphatic carbocycles. The largest absolute Gasteiger partial charge is 0.489 e. The lowest BCUT2D eigenvalue weighted by Crippen LogP contribution is -2.50. The molecule has 41 heavy (non-hydrogen) atoms. The van der Waals surface area contributed by atoms with Gasteiger partial charge in [0.2, 0.25) is 11.8 Å². The molecule has 2 atom stereocenters. The van der Waals surface area contributed by atoms with Crippen molar-refractivity contribution in [3.8, 4) is 5.75 Å². The quantitative estimate of drug-likeness (QED) is 0.130. The zero-order chi connectivity index (χ0) is 30.1. The molecule has 8 nitrogen and oxygen atoms in total. The topological polar surface area (TPSA) is 114 Å². The van der Waals surface area contributed by atoms with Gasteiger partial charge in [-0.3, -0.25) is 14.4 Å². The fraction of sp³-hybridized carbons (Fsp3) is 0.424. The van der Waals surface area contributed by atoms with Crippen molar-refractivity contribution in [2.75, 3.05) is 13.2 Å². The van der Waals surface area contributed by atoms with E-state index in [2.05, 4.69) is 23.8 Å². The first-order chi connectivity index (χ1) is 19.7. The third-order valence-electron chi connectivity index (χ3n) is 6.34. The molecule has 0 radical (unpaired) electrons. The van der Waals surface area contributed by atoms with Crippen LogP contribution in [-0.2, 0) is 32.1 Å². The molecule has 2 unspecified atom stereocenters. The van der Waals surface area contributed by atoms with Crippen LogP contribution >= 0.6 is 0 Å². The Labute approximate surface area is 243 Å². The number of unbranched alkanes of at least 4 members (excludes halogenated alkanes) is 1. The smallest absolute Gasteiger partial charge is 0.305 e. The summed E-state index contributed by atoms with van der Waals surface area (Å²) < 4.78 is 11.1. The number of rotatable bonds is 19. The number of aliphatic hydroxyl groups excluding tert-OH is 1. The number of hydrogen-bond donors (Lipinski definition) is 3. The molecule has 0 fully saturated rings. The van der Waals surface area contributed by atoms with Crippen molar-refractivity contribution in [3.63, 3.8) is 0 Å². The molecule has 0 saturated carbocycles. The maximum atomic E-state index is 13.0. The average Bonchev–Trinajstić information content (AvgIpc) is 2.95. The molecule has 2 rings (SSSR count). The van der Waals surface area contributed by atoms with Crippen LogP contribution in [0.15, 0.2) is 79.9 Å². The van der Waals surface area contributed by atoms with E-state index >= 15 is 0 Å². The first-order valence-electron chi connectivity index (χ1n) is 14.0. The summed E-state index contributed by atoms with van der Waals surface area (Å²) in [5.74, 6) is -0.943. The summed E-state index contributed by atoms with van der Waals surface area (Å²) in [6, 6.07) is 16.9. The number of hydrogen-bond acceptors (Lipinski definition) is 6. The van der Waals surface area contributed by atoms with Crippen LogP contribution in [0.4, 0.5) is 0 Å². The third kappa shape index (κ3) is 13.3. The van der Waals surface area contributed by atoms with E-state index in [1.54, 1.807) is 26.0 Å². The number of benzene rings is 2. The third-order valence-corrected chi connectivity index (χ3v) is 6.34. The SMILES string of the molecule is C=CCCCC(=O)OCC(C)(C)NC(=O)C(CC=C)CC(=O)NC(CO)Cc1ccc(OCc2ccccc2)cc1. The second-order valence-electron chi connectivity index (χ2n) is 10.7. The highest BCUT2D eigenvalue weighted by molar-refractivity contribution is 5.86. The average molecular weight is 565 g/mol. The standard InChI is InChI=1S/C33H44N2O6/c1-5-7-9-15-31(38)41-24-33(3,4)35-32(39)27(12-6-2)21-30(37)34-28(22-36)20-25-16-18-29(19-17-25)40-23-26-13-10-8-11-14-26/h5-6,8,10-11,13-14,16-19,27-28,36H,1-2,7,9,12,15,20-24H2,3-4H3,(H,34,37)(H,35,39). The fourth-order valence-electron chi connectivity index (χ4n) is 4.10. The van der Waals surface area contributed by atoms with Gasteiger partial charge >= 0.3 is 5.97 Å². The number of ether oxygens (including phenoxy) is 2. The van der Waals surface area contributed by atoms with E-state index in [1.807, 2.05) is 54.6 Å². The molecule has 0 bridgehead atoms. The molecular formula is C33H44N2O6. The Balaban J connectivity index is 1.85. The molecule has 0 saturated heterocycles. The summed E-state index contributed by atoms with van der Waals surface area (Å²) in [6.07, 6.45) is 5.66. The van der Waals surface area contributed by atoms with Gasteiger partial charge < -0.3 is 25.2 Å². The van der Waals surface area contributed by atoms with Gasteiger partial charge in [0.25, 0.3) is 0 Å². The van der Waals surface area contributed by atoms with E-state index in [4.69, 9.17) is 9.47 Å². The van der Waals surface area contributed by atoms with E-state index in [9.17, 15) is 19.5 Å². The Morgan fingerprint density at radius 2 is 1.71 bits per heavy atom. The van der Waals surface area contributed by atoms with Gasteiger partial charge in [-0.15, -0.1) is 13.2 Å². The number of aliphatic hydroxyl groups is 1. The van der Waals surface area contributed by atoms with Crippen LogP contribution in [0.5, 0.6) is 5.75 Å². The highest BCUT2D eigenvalue weighted by atomic mass is 16.5. The monoisotopic (exact) mass is 564 g/mol. The number of nitrogens with one attached hydrogen (secondary N) is 2. The van der Waals surface area contributed by atoms with Gasteiger partial charge in [-0.25, -0.2) is 0 Å². The molecule has 0 aromatic heterocycles. The number of esters is 1. The van der Waals surface area contributed by atoms with Crippen molar-refractivity contribution in [2.24, 2.45) is 5.92 Å². The predicted octanol–water partition coefficient (Wildman–Crippen LogP) is 4.66. The molecule has 0 heterocycles. The minimum absolute atomic E-state index is 0.0152. The Morgan fingerprint density at radius 3 is 2.34 bits per heavy atom. The maximum absolute atomic E-state index is 13.0. The zero-order valence-corrected chi connectivity index (χ0v) is 24.3. The Morgan fingerprint density at radius 1 is 1.00 bits per heavy atom. The van der Waals surface area contributed by atoms with Crippen molar-refractivity contribution in [1.29, 1.82) is 0 Å². The second-order valence-corrected chi connectivity index (χ2v) is 10.7. The summed E-state index contributed by atoms with van der Waals surface area (Å²) in [5, 5.41) is 15.6. The molecule has 0 spiro atoms. The Kier molecular flexibility index (Phi) is 14.4. The summed E-state index contributed by atoms with van der Waals surface area (Å²) in [7, 11) is 0. The fourth-order valence-corrected chi connectivity index (χ4v) is 4.10. The summed E-state index contributed by atoms with van der Waals surface area (Å²) in [4.78, 5) is 37.8. The highest BCUT2D eigenvalue weighted by Gasteiger charge is 2.28. The predicted molar refractivity (Wildman–Crippen MR) is 160 cm³/mol. The van der Waals surface area contributed by atoms with Crippen molar-refractivity contribution >= 4 is 17.8 Å². The van der Waals surface area contributed by atoms with Crippen LogP contribution in [0.2, 0.25) is 0 Å². The number of amides is 2. The van der Waals surface area contributed by atoms with Crippen LogP contribution in [0.3, 0.4) is 0 Å². The van der Waals surface area contributed by atoms with Crippen molar-refractivity contribution in [2.45, 2.75) is 70.6 Å². The molecule has 0 aliphatic rings. The Hall–Kier alpha value is -3.91. The second kappa shape index (κ2) is 17.7. The molecule has 3 N–H and O–H groups in total. The normalized spacial score (nSPS) is 12.5. The van der Waals surface area contributed by atoms with Gasteiger partial charge in [0.05, 0.1) is 24.1 Å². The van der Waals surface area contributed by atoms with Crippen LogP contribution < -0.4 is 15.4 Å². The van der Waals surface area contributed by atoms with Gasteiger partial charge in [-0.2, -0.15) is 0 Å². The lowest BCUT2D eigenvalue weighted by atomic mass is 9.97. The lowest BCUT2D eigenvalue weighted by Gasteiger charge is -2.28. The van der Waals surface area contributed by atoms with Crippen LogP contribution in [0.1, 0.15) is 57.1 Å². The molecule has 0 aliphatic heterocycles. The van der Waals surface area contributed by atoms with Gasteiger partial charge in [0, 0.05) is 12.8 Å². The number of carbonyl (C=O) groups is 3. The number of allylic oxidation sites excluding steroid dienone is 2. The van der Waals surface area contributed by atoms with Crippen molar-refractivity contribution in [3.05, 3.63) is 91.0 Å². The zero-order valence-electron chi connectivity index (χ0n) is 24.3. The minimum atomic E-state index is -0.814. The summed E-state index contributed by atoms with van der Waals surface area (Å²) in [5.41, 5.74) is 1.19. The van der Waals surface area contributed by atoms with Crippen LogP contribution in [0, 0.1) is 5.92 Å². The molecule has 2 aromatic carbocycles. The van der Waals surface area contributed by atoms with Crippen molar-refractivity contribution in [1.82, 2.24) is 10.6 Å². The minimum Gasteiger partial charge on any atom is -0.489 e. The Bertz CT molecular complexity index is 1110. The molecule has 2 aromatic rings. The highest BCUT2D eigenvalue weighted by Crippen LogP contribution is 2.17.